The number of anilines is 2. The van der Waals surface area contributed by atoms with Gasteiger partial charge in [0.25, 0.3) is 0 Å². The van der Waals surface area contributed by atoms with Crippen molar-refractivity contribution in [3.8, 4) is 23.2 Å². The van der Waals surface area contributed by atoms with Gasteiger partial charge in [-0.1, -0.05) is 24.1 Å². The normalized spacial score (nSPS) is 28.6. The summed E-state index contributed by atoms with van der Waals surface area (Å²) >= 11 is 7.91. The van der Waals surface area contributed by atoms with Crippen LogP contribution in [0.1, 0.15) is 56.9 Å². The van der Waals surface area contributed by atoms with Crippen molar-refractivity contribution in [1.29, 1.82) is 5.26 Å². The number of hydrogen-bond acceptors (Lipinski definition) is 10. The van der Waals surface area contributed by atoms with Gasteiger partial charge in [0, 0.05) is 78.8 Å². The summed E-state index contributed by atoms with van der Waals surface area (Å²) < 4.78 is 59.2. The van der Waals surface area contributed by atoms with E-state index in [1.165, 1.54) is 12.1 Å². The molecular formula is C40H41ClF3N7O3S. The number of likely N-dealkylation sites (tertiary alicyclic amines) is 1. The third kappa shape index (κ3) is 5.58. The van der Waals surface area contributed by atoms with Gasteiger partial charge in [0.15, 0.2) is 5.82 Å². The number of nitrogen functional groups attached to an aromatic ring is 1. The van der Waals surface area contributed by atoms with Gasteiger partial charge in [-0.05, 0) is 62.8 Å². The number of ether oxygens (including phenoxy) is 2. The molecule has 1 amide bonds. The summed E-state index contributed by atoms with van der Waals surface area (Å²) in [6, 6.07) is 6.29. The van der Waals surface area contributed by atoms with E-state index in [-0.39, 0.29) is 77.6 Å². The molecule has 10 nitrogen and oxygen atoms in total. The van der Waals surface area contributed by atoms with Crippen LogP contribution in [0.4, 0.5) is 24.0 Å². The number of benzene rings is 2. The van der Waals surface area contributed by atoms with Crippen molar-refractivity contribution in [1.82, 2.24) is 19.8 Å². The number of hydrogen-bond donors (Lipinski definition) is 1. The molecule has 2 spiro atoms. The molecule has 288 valence electrons. The first-order chi connectivity index (χ1) is 26.5. The summed E-state index contributed by atoms with van der Waals surface area (Å²) in [6.45, 7) is 5.24. The van der Waals surface area contributed by atoms with Gasteiger partial charge in [0.2, 0.25) is 5.91 Å². The zero-order valence-electron chi connectivity index (χ0n) is 30.3. The number of fused-ring (bicyclic) bond motifs is 3. The molecule has 5 saturated heterocycles. The van der Waals surface area contributed by atoms with E-state index in [4.69, 9.17) is 31.8 Å². The van der Waals surface area contributed by atoms with Crippen LogP contribution in [0.2, 0.25) is 5.02 Å². The van der Waals surface area contributed by atoms with Crippen molar-refractivity contribution in [2.75, 3.05) is 69.7 Å². The predicted molar refractivity (Wildman–Crippen MR) is 204 cm³/mol. The van der Waals surface area contributed by atoms with Crippen molar-refractivity contribution in [2.45, 2.75) is 63.1 Å². The van der Waals surface area contributed by atoms with E-state index in [0.29, 0.717) is 57.0 Å². The van der Waals surface area contributed by atoms with E-state index in [1.54, 1.807) is 6.07 Å². The quantitative estimate of drug-likeness (QED) is 0.218. The van der Waals surface area contributed by atoms with Gasteiger partial charge in [-0.25, -0.2) is 13.2 Å². The van der Waals surface area contributed by atoms with E-state index in [2.05, 4.69) is 20.9 Å². The zero-order chi connectivity index (χ0) is 37.9. The Hall–Kier alpha value is -3.90. The number of carbonyl (C=O) groups excluding carboxylic acids is 1. The Morgan fingerprint density at radius 2 is 1.98 bits per heavy atom. The first-order valence-corrected chi connectivity index (χ1v) is 20.5. The van der Waals surface area contributed by atoms with Gasteiger partial charge in [-0.3, -0.25) is 9.69 Å². The SMILES string of the molecule is N#Cc1c(N)sc2c(F)ccc(-c3c(Cl)cc4c(N5CCCCC6(CN(C(=O)C7CC78CCOC8)C6)C5)nc(OC[C@@]56CCCN5C[C@H](F)C6)nc4c3F)c12. The first-order valence-electron chi connectivity index (χ1n) is 19.3. The lowest BCUT2D eigenvalue weighted by Crippen LogP contribution is -2.62. The Bertz CT molecular complexity index is 2310. The number of rotatable bonds is 6. The standard InChI is InChI=1S/C40H41ClF3N7O3S/c41-27-12-24-32(31(44)30(27)23-4-5-28(43)33-29(23)25(15-45)34(46)55-33)47-37(54-21-40-7-3-10-51(40)16-22(42)13-40)48-35(24)49-9-2-1-6-38(17-49)18-50(19-38)36(52)26-14-39(26)8-11-53-20-39/h4-5,12,22,26H,1-3,6-11,13-14,16-21,46H2/t22-,26?,39?,40+/m1/s1. The Morgan fingerprint density at radius 1 is 1.13 bits per heavy atom. The van der Waals surface area contributed by atoms with Crippen LogP contribution >= 0.6 is 22.9 Å². The minimum atomic E-state index is -0.949. The molecular weight excluding hydrogens is 751 g/mol. The number of amides is 1. The number of carbonyl (C=O) groups is 1. The van der Waals surface area contributed by atoms with Crippen LogP contribution in [-0.4, -0.2) is 96.5 Å². The molecule has 4 atom stereocenters. The fourth-order valence-electron chi connectivity index (χ4n) is 10.6. The molecule has 6 aliphatic rings. The van der Waals surface area contributed by atoms with E-state index in [9.17, 15) is 14.4 Å². The van der Waals surface area contributed by atoms with Crippen LogP contribution in [-0.2, 0) is 9.53 Å². The number of alkyl halides is 1. The Kier molecular flexibility index (Phi) is 8.27. The summed E-state index contributed by atoms with van der Waals surface area (Å²) in [5.74, 6) is -0.602. The van der Waals surface area contributed by atoms with Crippen LogP contribution in [0.15, 0.2) is 18.2 Å². The van der Waals surface area contributed by atoms with Gasteiger partial charge >= 0.3 is 6.01 Å². The van der Waals surface area contributed by atoms with Gasteiger partial charge in [-0.2, -0.15) is 15.2 Å². The number of halogens is 4. The van der Waals surface area contributed by atoms with E-state index < -0.39 is 23.3 Å². The highest BCUT2D eigenvalue weighted by atomic mass is 35.5. The smallest absolute Gasteiger partial charge is 0.319 e. The fraction of sp³-hybridized carbons (Fsp3) is 0.550. The number of thiophene rings is 1. The van der Waals surface area contributed by atoms with E-state index in [0.717, 1.165) is 69.4 Å². The molecule has 7 heterocycles. The third-order valence-electron chi connectivity index (χ3n) is 13.5. The molecule has 5 aliphatic heterocycles. The molecule has 1 aliphatic carbocycles. The maximum atomic E-state index is 17.3. The number of nitrogens with zero attached hydrogens (tertiary/aromatic N) is 6. The first kappa shape index (κ1) is 35.5. The lowest BCUT2D eigenvalue weighted by molar-refractivity contribution is -0.145. The average molecular weight is 792 g/mol. The lowest BCUT2D eigenvalue weighted by Gasteiger charge is -2.51. The molecule has 10 rings (SSSR count). The van der Waals surface area contributed by atoms with Crippen molar-refractivity contribution in [2.24, 2.45) is 16.7 Å². The zero-order valence-corrected chi connectivity index (χ0v) is 31.9. The Morgan fingerprint density at radius 3 is 2.78 bits per heavy atom. The molecule has 1 saturated carbocycles. The minimum Gasteiger partial charge on any atom is -0.461 e. The summed E-state index contributed by atoms with van der Waals surface area (Å²) in [7, 11) is 0. The number of nitriles is 1. The van der Waals surface area contributed by atoms with Crippen molar-refractivity contribution in [3.05, 3.63) is 40.4 Å². The molecule has 6 fully saturated rings. The molecule has 55 heavy (non-hydrogen) atoms. The van der Waals surface area contributed by atoms with E-state index >= 15 is 8.78 Å². The lowest BCUT2D eigenvalue weighted by atomic mass is 9.75. The van der Waals surface area contributed by atoms with E-state index in [1.807, 2.05) is 4.90 Å². The fourth-order valence-corrected chi connectivity index (χ4v) is 11.8. The number of aromatic nitrogens is 2. The minimum absolute atomic E-state index is 0.0262. The van der Waals surface area contributed by atoms with Crippen LogP contribution < -0.4 is 15.4 Å². The molecule has 4 aromatic rings. The summed E-state index contributed by atoms with van der Waals surface area (Å²) in [6.07, 6.45) is 5.76. The Balaban J connectivity index is 1.04. The second-order valence-electron chi connectivity index (χ2n) is 16.9. The molecule has 0 radical (unpaired) electrons. The van der Waals surface area contributed by atoms with Crippen LogP contribution in [0.25, 0.3) is 32.1 Å². The van der Waals surface area contributed by atoms with Crippen molar-refractivity contribution in [3.63, 3.8) is 0 Å². The number of nitrogens with two attached hydrogens (primary N) is 1. The molecule has 2 unspecified atom stereocenters. The second-order valence-corrected chi connectivity index (χ2v) is 18.3. The highest BCUT2D eigenvalue weighted by Gasteiger charge is 2.62. The molecule has 2 aromatic heterocycles. The molecule has 0 bridgehead atoms. The highest BCUT2D eigenvalue weighted by Crippen LogP contribution is 2.59. The molecule has 2 aromatic carbocycles. The summed E-state index contributed by atoms with van der Waals surface area (Å²) in [4.78, 5) is 29.5. The Labute approximate surface area is 325 Å². The van der Waals surface area contributed by atoms with Gasteiger partial charge < -0.3 is 25.0 Å². The van der Waals surface area contributed by atoms with Gasteiger partial charge in [0.1, 0.15) is 41.0 Å². The van der Waals surface area contributed by atoms with Gasteiger partial charge in [-0.15, -0.1) is 11.3 Å². The second kappa shape index (κ2) is 12.8. The molecule has 2 N–H and O–H groups in total. The topological polar surface area (TPSA) is 121 Å². The molecule has 15 heteroatoms. The maximum absolute atomic E-state index is 17.3. The maximum Gasteiger partial charge on any atom is 0.319 e. The monoisotopic (exact) mass is 791 g/mol. The average Bonchev–Trinajstić information content (AvgIpc) is 3.39. The van der Waals surface area contributed by atoms with Crippen LogP contribution in [0.5, 0.6) is 6.01 Å². The predicted octanol–water partition coefficient (Wildman–Crippen LogP) is 7.10. The van der Waals surface area contributed by atoms with Gasteiger partial charge in [0.05, 0.1) is 27.4 Å². The third-order valence-corrected chi connectivity index (χ3v) is 14.8. The summed E-state index contributed by atoms with van der Waals surface area (Å²) in [5.41, 5.74) is 5.73. The van der Waals surface area contributed by atoms with Crippen LogP contribution in [0, 0.1) is 39.7 Å². The van der Waals surface area contributed by atoms with Crippen molar-refractivity contribution >= 4 is 60.7 Å². The largest absolute Gasteiger partial charge is 0.461 e. The van der Waals surface area contributed by atoms with Crippen LogP contribution in [0.3, 0.4) is 0 Å². The summed E-state index contributed by atoms with van der Waals surface area (Å²) in [5, 5.41) is 10.7. The highest BCUT2D eigenvalue weighted by molar-refractivity contribution is 7.23. The van der Waals surface area contributed by atoms with Crippen molar-refractivity contribution < 1.29 is 27.4 Å².